The molecule has 0 saturated heterocycles. The Kier molecular flexibility index (Phi) is 4.40. The van der Waals surface area contributed by atoms with Crippen molar-refractivity contribution in [3.8, 4) is 17.6 Å². The summed E-state index contributed by atoms with van der Waals surface area (Å²) in [7, 11) is 0. The first-order valence-corrected chi connectivity index (χ1v) is 5.99. The van der Waals surface area contributed by atoms with Crippen LogP contribution in [0.4, 0.5) is 10.1 Å². The third kappa shape index (κ3) is 3.89. The van der Waals surface area contributed by atoms with Gasteiger partial charge < -0.3 is 15.2 Å². The summed E-state index contributed by atoms with van der Waals surface area (Å²) >= 11 is 0. The number of aromatic hydroxyl groups is 1. The Hall–Kier alpha value is -2.74. The Labute approximate surface area is 116 Å². The van der Waals surface area contributed by atoms with Crippen LogP contribution in [0, 0.1) is 17.1 Å². The van der Waals surface area contributed by atoms with Crippen LogP contribution in [0.2, 0.25) is 0 Å². The van der Waals surface area contributed by atoms with E-state index in [1.807, 2.05) is 12.1 Å². The van der Waals surface area contributed by atoms with E-state index in [0.717, 1.165) is 11.8 Å². The maximum atomic E-state index is 13.1. The number of halogens is 1. The number of phenols is 1. The summed E-state index contributed by atoms with van der Waals surface area (Å²) in [5.74, 6) is -0.000511. The molecular formula is C15H13FN2O2. The molecule has 0 heterocycles. The van der Waals surface area contributed by atoms with Crippen molar-refractivity contribution in [2.45, 2.75) is 6.54 Å². The van der Waals surface area contributed by atoms with Gasteiger partial charge in [-0.05, 0) is 29.8 Å². The molecule has 0 spiro atoms. The average molecular weight is 272 g/mol. The Bertz CT molecular complexity index is 618. The molecule has 4 nitrogen and oxygen atoms in total. The zero-order valence-electron chi connectivity index (χ0n) is 10.6. The summed E-state index contributed by atoms with van der Waals surface area (Å²) in [6, 6.07) is 12.9. The molecular weight excluding hydrogens is 259 g/mol. The highest BCUT2D eigenvalue weighted by Crippen LogP contribution is 2.19. The first-order chi connectivity index (χ1) is 9.67. The van der Waals surface area contributed by atoms with E-state index in [2.05, 4.69) is 5.32 Å². The van der Waals surface area contributed by atoms with E-state index >= 15 is 0 Å². The number of hydrogen-bond donors (Lipinski definition) is 2. The summed E-state index contributed by atoms with van der Waals surface area (Å²) in [4.78, 5) is 0. The lowest BCUT2D eigenvalue weighted by molar-refractivity contribution is 0.368. The van der Waals surface area contributed by atoms with Crippen LogP contribution >= 0.6 is 0 Å². The van der Waals surface area contributed by atoms with E-state index < -0.39 is 5.82 Å². The molecule has 102 valence electrons. The number of nitrogens with zero attached hydrogens (tertiary/aromatic N) is 1. The molecule has 0 radical (unpaired) electrons. The minimum atomic E-state index is -0.479. The lowest BCUT2D eigenvalue weighted by atomic mass is 10.2. The Morgan fingerprint density at radius 1 is 1.25 bits per heavy atom. The van der Waals surface area contributed by atoms with Gasteiger partial charge in [0.2, 0.25) is 0 Å². The molecule has 20 heavy (non-hydrogen) atoms. The minimum absolute atomic E-state index is 0.0127. The molecule has 0 aromatic heterocycles. The predicted molar refractivity (Wildman–Crippen MR) is 72.9 cm³/mol. The maximum Gasteiger partial charge on any atom is 0.174 e. The van der Waals surface area contributed by atoms with Gasteiger partial charge in [-0.15, -0.1) is 0 Å². The molecule has 5 heteroatoms. The molecule has 0 aliphatic carbocycles. The highest BCUT2D eigenvalue weighted by atomic mass is 19.1. The van der Waals surface area contributed by atoms with Gasteiger partial charge in [-0.3, -0.25) is 0 Å². The largest absolute Gasteiger partial charge is 0.508 e. The quantitative estimate of drug-likeness (QED) is 0.878. The van der Waals surface area contributed by atoms with Gasteiger partial charge in [0.05, 0.1) is 0 Å². The Morgan fingerprint density at radius 3 is 2.85 bits per heavy atom. The zero-order valence-corrected chi connectivity index (χ0v) is 10.6. The number of anilines is 1. The van der Waals surface area contributed by atoms with Crippen molar-refractivity contribution in [1.29, 1.82) is 5.26 Å². The molecule has 2 rings (SSSR count). The molecule has 2 N–H and O–H groups in total. The second kappa shape index (κ2) is 6.43. The van der Waals surface area contributed by atoms with Gasteiger partial charge in [-0.1, -0.05) is 6.07 Å². The second-order valence-corrected chi connectivity index (χ2v) is 4.15. The van der Waals surface area contributed by atoms with Gasteiger partial charge in [-0.25, -0.2) is 4.39 Å². The van der Waals surface area contributed by atoms with Crippen LogP contribution in [0.25, 0.3) is 0 Å². The van der Waals surface area contributed by atoms with Crippen molar-refractivity contribution in [2.75, 3.05) is 11.9 Å². The summed E-state index contributed by atoms with van der Waals surface area (Å²) < 4.78 is 18.3. The molecule has 0 atom stereocenters. The maximum absolute atomic E-state index is 13.1. The molecule has 0 amide bonds. The van der Waals surface area contributed by atoms with Crippen molar-refractivity contribution in [3.05, 3.63) is 53.8 Å². The van der Waals surface area contributed by atoms with Gasteiger partial charge in [0.25, 0.3) is 0 Å². The van der Waals surface area contributed by atoms with E-state index in [1.165, 1.54) is 12.1 Å². The molecule has 0 aliphatic heterocycles. The predicted octanol–water partition coefficient (Wildman–Crippen LogP) is 3.05. The number of rotatable bonds is 5. The first-order valence-electron chi connectivity index (χ1n) is 5.99. The third-order valence-corrected chi connectivity index (χ3v) is 2.58. The first kappa shape index (κ1) is 13.7. The number of nitrogens with one attached hydrogen (secondary N) is 1. The van der Waals surface area contributed by atoms with Crippen LogP contribution in [0.1, 0.15) is 5.56 Å². The van der Waals surface area contributed by atoms with Crippen LogP contribution in [0.5, 0.6) is 11.5 Å². The van der Waals surface area contributed by atoms with Crippen LogP contribution in [-0.2, 0) is 6.54 Å². The lowest BCUT2D eigenvalue weighted by Gasteiger charge is -2.09. The van der Waals surface area contributed by atoms with Crippen LogP contribution in [-0.4, -0.2) is 11.7 Å². The Morgan fingerprint density at radius 2 is 2.10 bits per heavy atom. The fourth-order valence-electron chi connectivity index (χ4n) is 1.75. The molecule has 2 aromatic carbocycles. The molecule has 0 unspecified atom stereocenters. The number of benzene rings is 2. The number of hydrogen-bond acceptors (Lipinski definition) is 4. The van der Waals surface area contributed by atoms with E-state index in [0.29, 0.717) is 17.9 Å². The van der Waals surface area contributed by atoms with E-state index in [4.69, 9.17) is 10.00 Å². The van der Waals surface area contributed by atoms with Gasteiger partial charge in [-0.2, -0.15) is 5.26 Å². The van der Waals surface area contributed by atoms with E-state index in [-0.39, 0.29) is 12.4 Å². The Balaban J connectivity index is 2.01. The number of ether oxygens (including phenoxy) is 1. The molecule has 0 fully saturated rings. The normalized spacial score (nSPS) is 9.80. The lowest BCUT2D eigenvalue weighted by Crippen LogP contribution is -2.00. The highest BCUT2D eigenvalue weighted by Gasteiger charge is 2.01. The van der Waals surface area contributed by atoms with Crippen molar-refractivity contribution >= 4 is 5.69 Å². The summed E-state index contributed by atoms with van der Waals surface area (Å²) in [5, 5.41) is 20.9. The monoisotopic (exact) mass is 272 g/mol. The molecule has 0 aliphatic rings. The van der Waals surface area contributed by atoms with E-state index in [1.54, 1.807) is 18.2 Å². The fourth-order valence-corrected chi connectivity index (χ4v) is 1.75. The van der Waals surface area contributed by atoms with Crippen molar-refractivity contribution < 1.29 is 14.2 Å². The van der Waals surface area contributed by atoms with Crippen molar-refractivity contribution in [1.82, 2.24) is 0 Å². The number of nitriles is 1. The number of phenolic OH excluding ortho intramolecular Hbond substituents is 1. The average Bonchev–Trinajstić information content (AvgIpc) is 2.42. The van der Waals surface area contributed by atoms with Crippen molar-refractivity contribution in [2.24, 2.45) is 0 Å². The van der Waals surface area contributed by atoms with Crippen LogP contribution < -0.4 is 10.1 Å². The summed E-state index contributed by atoms with van der Waals surface area (Å²) in [6.45, 7) is 0.355. The fraction of sp³-hybridized carbons (Fsp3) is 0.133. The molecule has 0 saturated carbocycles. The zero-order chi connectivity index (χ0) is 14.4. The molecule has 0 bridgehead atoms. The van der Waals surface area contributed by atoms with Gasteiger partial charge in [0.1, 0.15) is 23.4 Å². The minimum Gasteiger partial charge on any atom is -0.508 e. The molecule has 2 aromatic rings. The smallest absolute Gasteiger partial charge is 0.174 e. The van der Waals surface area contributed by atoms with Gasteiger partial charge in [0, 0.05) is 24.4 Å². The van der Waals surface area contributed by atoms with Crippen LogP contribution in [0.3, 0.4) is 0 Å². The van der Waals surface area contributed by atoms with Gasteiger partial charge in [0.15, 0.2) is 6.61 Å². The SMILES string of the molecule is N#CCOc1cccc(NCc2cc(O)cc(F)c2)c1. The summed E-state index contributed by atoms with van der Waals surface area (Å²) in [5.41, 5.74) is 1.41. The van der Waals surface area contributed by atoms with Gasteiger partial charge >= 0.3 is 0 Å². The van der Waals surface area contributed by atoms with Crippen LogP contribution in [0.15, 0.2) is 42.5 Å². The van der Waals surface area contributed by atoms with Crippen molar-refractivity contribution in [3.63, 3.8) is 0 Å². The third-order valence-electron chi connectivity index (χ3n) is 2.58. The topological polar surface area (TPSA) is 65.3 Å². The van der Waals surface area contributed by atoms with E-state index in [9.17, 15) is 9.50 Å². The second-order valence-electron chi connectivity index (χ2n) is 4.15. The highest BCUT2D eigenvalue weighted by molar-refractivity contribution is 5.48. The standard InChI is InChI=1S/C15H13FN2O2/c16-12-6-11(7-14(19)8-12)10-18-13-2-1-3-15(9-13)20-5-4-17/h1-3,6-9,18-19H,5,10H2. The summed E-state index contributed by atoms with van der Waals surface area (Å²) in [6.07, 6.45) is 0.